The van der Waals surface area contributed by atoms with Crippen LogP contribution in [0.25, 0.3) is 10.4 Å². The number of ether oxygens (including phenoxy) is 1. The number of benzene rings is 2. The molecule has 5 nitrogen and oxygen atoms in total. The van der Waals surface area contributed by atoms with Crippen molar-refractivity contribution >= 4 is 28.8 Å². The zero-order valence-corrected chi connectivity index (χ0v) is 16.5. The van der Waals surface area contributed by atoms with E-state index >= 15 is 0 Å². The molecule has 2 heterocycles. The number of carbonyl (C=O) groups excluding carboxylic acids is 2. The lowest BCUT2D eigenvalue weighted by Crippen LogP contribution is -2.32. The van der Waals surface area contributed by atoms with E-state index in [-0.39, 0.29) is 18.4 Å². The molecular formula is C22H20N2O3S. The summed E-state index contributed by atoms with van der Waals surface area (Å²) >= 11 is 1.42. The fraction of sp³-hybridized carbons (Fsp3) is 0.182. The van der Waals surface area contributed by atoms with Gasteiger partial charge < -0.3 is 15.4 Å². The number of anilines is 1. The van der Waals surface area contributed by atoms with Crippen molar-refractivity contribution in [1.82, 2.24) is 5.32 Å². The van der Waals surface area contributed by atoms with E-state index < -0.39 is 0 Å². The predicted octanol–water partition coefficient (Wildman–Crippen LogP) is 4.29. The number of amides is 2. The third kappa shape index (κ3) is 3.51. The van der Waals surface area contributed by atoms with E-state index in [1.165, 1.54) is 11.3 Å². The Balaban J connectivity index is 1.43. The minimum Gasteiger partial charge on any atom is -0.488 e. The van der Waals surface area contributed by atoms with Crippen molar-refractivity contribution in [2.45, 2.75) is 20.5 Å². The number of rotatable bonds is 4. The number of aryl methyl sites for hydroxylation is 2. The van der Waals surface area contributed by atoms with E-state index in [4.69, 9.17) is 4.74 Å². The average molecular weight is 392 g/mol. The second-order valence-corrected chi connectivity index (χ2v) is 7.80. The molecule has 0 unspecified atom stereocenters. The zero-order chi connectivity index (χ0) is 19.7. The lowest BCUT2D eigenvalue weighted by Gasteiger charge is -2.16. The van der Waals surface area contributed by atoms with Crippen LogP contribution in [0.5, 0.6) is 5.75 Å². The monoisotopic (exact) mass is 392 g/mol. The topological polar surface area (TPSA) is 67.4 Å². The van der Waals surface area contributed by atoms with Crippen LogP contribution in [0.3, 0.4) is 0 Å². The van der Waals surface area contributed by atoms with Crippen LogP contribution in [0.4, 0.5) is 5.69 Å². The maximum absolute atomic E-state index is 12.5. The van der Waals surface area contributed by atoms with Gasteiger partial charge in [-0.3, -0.25) is 9.59 Å². The largest absolute Gasteiger partial charge is 0.488 e. The van der Waals surface area contributed by atoms with Crippen LogP contribution >= 0.6 is 11.3 Å². The Morgan fingerprint density at radius 3 is 2.61 bits per heavy atom. The fourth-order valence-electron chi connectivity index (χ4n) is 3.25. The summed E-state index contributed by atoms with van der Waals surface area (Å²) < 4.78 is 5.74. The number of fused-ring (bicyclic) bond motifs is 3. The highest BCUT2D eigenvalue weighted by Crippen LogP contribution is 2.42. The van der Waals surface area contributed by atoms with Crippen LogP contribution in [-0.2, 0) is 11.4 Å². The van der Waals surface area contributed by atoms with Gasteiger partial charge in [0, 0.05) is 21.7 Å². The standard InChI is InChI=1S/C22H20N2O3S/c1-13-6-5-7-14(2)20(13)24-19(25)11-23-22(26)18-10-15-12-27-17-9-4-3-8-16(17)21(15)28-18/h3-10H,11-12H2,1-2H3,(H,23,26)(H,24,25). The van der Waals surface area contributed by atoms with Gasteiger partial charge in [0.2, 0.25) is 5.91 Å². The summed E-state index contributed by atoms with van der Waals surface area (Å²) in [6, 6.07) is 15.5. The van der Waals surface area contributed by atoms with Crippen LogP contribution in [0.1, 0.15) is 26.4 Å². The molecule has 2 amide bonds. The molecule has 2 aromatic carbocycles. The molecule has 0 atom stereocenters. The predicted molar refractivity (Wildman–Crippen MR) is 111 cm³/mol. The van der Waals surface area contributed by atoms with E-state index in [0.717, 1.165) is 38.6 Å². The maximum atomic E-state index is 12.5. The first-order chi connectivity index (χ1) is 13.5. The fourth-order valence-corrected chi connectivity index (χ4v) is 4.37. The Morgan fingerprint density at radius 1 is 1.07 bits per heavy atom. The normalized spacial score (nSPS) is 11.8. The minimum absolute atomic E-state index is 0.0811. The zero-order valence-electron chi connectivity index (χ0n) is 15.7. The van der Waals surface area contributed by atoms with E-state index in [1.54, 1.807) is 0 Å². The van der Waals surface area contributed by atoms with Crippen molar-refractivity contribution in [1.29, 1.82) is 0 Å². The number of thiophene rings is 1. The van der Waals surface area contributed by atoms with E-state index in [0.29, 0.717) is 11.5 Å². The van der Waals surface area contributed by atoms with Crippen molar-refractivity contribution in [3.8, 4) is 16.2 Å². The molecule has 0 bridgehead atoms. The number of carbonyl (C=O) groups is 2. The second kappa shape index (κ2) is 7.48. The van der Waals surface area contributed by atoms with Gasteiger partial charge in [-0.1, -0.05) is 30.3 Å². The SMILES string of the molecule is Cc1cccc(C)c1NC(=O)CNC(=O)c1cc2c(s1)-c1ccccc1OC2. The summed E-state index contributed by atoms with van der Waals surface area (Å²) in [4.78, 5) is 26.4. The molecule has 0 saturated carbocycles. The molecular weight excluding hydrogens is 372 g/mol. The van der Waals surface area contributed by atoms with Crippen LogP contribution in [-0.4, -0.2) is 18.4 Å². The number of hydrogen-bond donors (Lipinski definition) is 2. The smallest absolute Gasteiger partial charge is 0.261 e. The molecule has 0 fully saturated rings. The summed E-state index contributed by atoms with van der Waals surface area (Å²) in [5.74, 6) is 0.325. The Hall–Kier alpha value is -3.12. The van der Waals surface area contributed by atoms with Crippen molar-refractivity contribution in [2.75, 3.05) is 11.9 Å². The van der Waals surface area contributed by atoms with Gasteiger partial charge in [0.25, 0.3) is 5.91 Å². The van der Waals surface area contributed by atoms with Gasteiger partial charge in [-0.25, -0.2) is 0 Å². The molecule has 6 heteroatoms. The number of para-hydroxylation sites is 2. The number of nitrogens with one attached hydrogen (secondary N) is 2. The van der Waals surface area contributed by atoms with Gasteiger partial charge in [0.15, 0.2) is 0 Å². The summed E-state index contributed by atoms with van der Waals surface area (Å²) in [7, 11) is 0. The molecule has 0 aliphatic carbocycles. The Bertz CT molecular complexity index is 1050. The van der Waals surface area contributed by atoms with Gasteiger partial charge in [0.05, 0.1) is 11.4 Å². The minimum atomic E-state index is -0.256. The molecule has 4 rings (SSSR count). The highest BCUT2D eigenvalue weighted by Gasteiger charge is 2.22. The van der Waals surface area contributed by atoms with Crippen molar-refractivity contribution in [2.24, 2.45) is 0 Å². The lowest BCUT2D eigenvalue weighted by atomic mass is 10.1. The number of hydrogen-bond acceptors (Lipinski definition) is 4. The third-order valence-electron chi connectivity index (χ3n) is 4.70. The van der Waals surface area contributed by atoms with Gasteiger partial charge in [0.1, 0.15) is 12.4 Å². The molecule has 1 aliphatic rings. The summed E-state index contributed by atoms with van der Waals surface area (Å²) in [5.41, 5.74) is 4.77. The first kappa shape index (κ1) is 18.3. The van der Waals surface area contributed by atoms with E-state index in [1.807, 2.05) is 62.4 Å². The first-order valence-electron chi connectivity index (χ1n) is 9.02. The molecule has 2 N–H and O–H groups in total. The van der Waals surface area contributed by atoms with Crippen LogP contribution in [0.2, 0.25) is 0 Å². The molecule has 3 aromatic rings. The van der Waals surface area contributed by atoms with Crippen LogP contribution < -0.4 is 15.4 Å². The second-order valence-electron chi connectivity index (χ2n) is 6.75. The summed E-state index contributed by atoms with van der Waals surface area (Å²) in [6.07, 6.45) is 0. The van der Waals surface area contributed by atoms with Crippen molar-refractivity contribution in [3.05, 3.63) is 70.1 Å². The van der Waals surface area contributed by atoms with Crippen molar-refractivity contribution in [3.63, 3.8) is 0 Å². The summed E-state index contributed by atoms with van der Waals surface area (Å²) in [5, 5.41) is 5.59. The van der Waals surface area contributed by atoms with Gasteiger partial charge >= 0.3 is 0 Å². The Morgan fingerprint density at radius 2 is 1.82 bits per heavy atom. The van der Waals surface area contributed by atoms with E-state index in [9.17, 15) is 9.59 Å². The highest BCUT2D eigenvalue weighted by atomic mass is 32.1. The molecule has 142 valence electrons. The third-order valence-corrected chi connectivity index (χ3v) is 5.91. The Kier molecular flexibility index (Phi) is 4.88. The first-order valence-corrected chi connectivity index (χ1v) is 9.84. The highest BCUT2D eigenvalue weighted by molar-refractivity contribution is 7.17. The van der Waals surface area contributed by atoms with Crippen LogP contribution in [0, 0.1) is 13.8 Å². The molecule has 0 spiro atoms. The molecule has 1 aliphatic heterocycles. The van der Waals surface area contributed by atoms with Crippen molar-refractivity contribution < 1.29 is 14.3 Å². The quantitative estimate of drug-likeness (QED) is 0.696. The molecule has 0 saturated heterocycles. The average Bonchev–Trinajstić information content (AvgIpc) is 3.14. The van der Waals surface area contributed by atoms with Gasteiger partial charge in [-0.2, -0.15) is 0 Å². The molecule has 0 radical (unpaired) electrons. The maximum Gasteiger partial charge on any atom is 0.261 e. The van der Waals surface area contributed by atoms with Gasteiger partial charge in [-0.05, 0) is 43.2 Å². The lowest BCUT2D eigenvalue weighted by molar-refractivity contribution is -0.115. The van der Waals surface area contributed by atoms with E-state index in [2.05, 4.69) is 10.6 Å². The van der Waals surface area contributed by atoms with Gasteiger partial charge in [-0.15, -0.1) is 11.3 Å². The van der Waals surface area contributed by atoms with Crippen LogP contribution in [0.15, 0.2) is 48.5 Å². The summed E-state index contributed by atoms with van der Waals surface area (Å²) in [6.45, 7) is 4.25. The Labute approximate surface area is 167 Å². The molecule has 1 aromatic heterocycles. The molecule has 28 heavy (non-hydrogen) atoms.